The number of rotatable bonds is 8. The van der Waals surface area contributed by atoms with Gasteiger partial charge in [0.05, 0.1) is 23.1 Å². The van der Waals surface area contributed by atoms with Crippen molar-refractivity contribution in [2.75, 3.05) is 26.3 Å². The predicted molar refractivity (Wildman–Crippen MR) is 145 cm³/mol. The summed E-state index contributed by atoms with van der Waals surface area (Å²) in [5, 5.41) is 10.4. The molecule has 40 heavy (non-hydrogen) atoms. The Bertz CT molecular complexity index is 1400. The number of amides is 2. The Morgan fingerprint density at radius 2 is 1.88 bits per heavy atom. The minimum atomic E-state index is -0.843. The third-order valence-corrected chi connectivity index (χ3v) is 7.77. The Hall–Kier alpha value is -3.34. The van der Waals surface area contributed by atoms with Gasteiger partial charge in [0, 0.05) is 49.5 Å². The maximum Gasteiger partial charge on any atom is 0.274 e. The van der Waals surface area contributed by atoms with Crippen LogP contribution in [0.5, 0.6) is 0 Å². The van der Waals surface area contributed by atoms with Crippen LogP contribution in [0.25, 0.3) is 11.3 Å². The van der Waals surface area contributed by atoms with Crippen LogP contribution in [0.1, 0.15) is 49.2 Å². The molecule has 0 atom stereocenters. The normalized spacial score (nSPS) is 17.7. The van der Waals surface area contributed by atoms with Crippen molar-refractivity contribution in [2.24, 2.45) is 0 Å². The topological polar surface area (TPSA) is 96.7 Å². The number of aromatic nitrogens is 1. The molecule has 0 spiro atoms. The van der Waals surface area contributed by atoms with Crippen LogP contribution in [0.4, 0.5) is 8.78 Å². The lowest BCUT2D eigenvalue weighted by atomic mass is 9.82. The first kappa shape index (κ1) is 28.2. The van der Waals surface area contributed by atoms with Crippen molar-refractivity contribution in [1.82, 2.24) is 20.7 Å². The van der Waals surface area contributed by atoms with E-state index in [4.69, 9.17) is 20.9 Å². The van der Waals surface area contributed by atoms with Gasteiger partial charge in [0.2, 0.25) is 5.91 Å². The zero-order valence-corrected chi connectivity index (χ0v) is 23.1. The summed E-state index contributed by atoms with van der Waals surface area (Å²) in [6, 6.07) is 12.0. The molecule has 5 rings (SSSR count). The molecular weight excluding hydrogens is 542 g/mol. The molecule has 3 heterocycles. The van der Waals surface area contributed by atoms with E-state index in [1.807, 2.05) is 32.0 Å². The molecule has 3 aromatic rings. The van der Waals surface area contributed by atoms with E-state index in [9.17, 15) is 18.4 Å². The molecule has 2 N–H and O–H groups in total. The summed E-state index contributed by atoms with van der Waals surface area (Å²) in [4.78, 5) is 28.9. The number of carbonyl (C=O) groups is 2. The molecule has 212 valence electrons. The second kappa shape index (κ2) is 11.3. The van der Waals surface area contributed by atoms with Gasteiger partial charge in [-0.05, 0) is 56.5 Å². The van der Waals surface area contributed by atoms with Crippen molar-refractivity contribution in [2.45, 2.75) is 50.2 Å². The third-order valence-electron chi connectivity index (χ3n) is 7.53. The van der Waals surface area contributed by atoms with Gasteiger partial charge in [-0.1, -0.05) is 28.9 Å². The summed E-state index contributed by atoms with van der Waals surface area (Å²) in [6.45, 7) is 6.09. The van der Waals surface area contributed by atoms with Crippen molar-refractivity contribution in [1.29, 1.82) is 0 Å². The number of likely N-dealkylation sites (tertiary alicyclic amines) is 1. The van der Waals surface area contributed by atoms with Crippen LogP contribution >= 0.6 is 11.6 Å². The van der Waals surface area contributed by atoms with Crippen molar-refractivity contribution in [3.63, 3.8) is 0 Å². The van der Waals surface area contributed by atoms with Crippen LogP contribution in [0.3, 0.4) is 0 Å². The summed E-state index contributed by atoms with van der Waals surface area (Å²) in [7, 11) is 0. The number of benzene rings is 2. The Morgan fingerprint density at radius 1 is 1.12 bits per heavy atom. The molecule has 0 aliphatic carbocycles. The average molecular weight is 573 g/mol. The first-order valence-electron chi connectivity index (χ1n) is 13.2. The number of carbonyl (C=O) groups excluding carboxylic acids is 2. The lowest BCUT2D eigenvalue weighted by molar-refractivity contribution is -0.127. The molecule has 0 radical (unpaired) electrons. The monoisotopic (exact) mass is 572 g/mol. The van der Waals surface area contributed by atoms with Crippen LogP contribution in [0, 0.1) is 11.6 Å². The highest BCUT2D eigenvalue weighted by Gasteiger charge is 2.48. The molecule has 8 nitrogen and oxygen atoms in total. The van der Waals surface area contributed by atoms with Gasteiger partial charge in [0.15, 0.2) is 11.5 Å². The molecule has 2 saturated heterocycles. The zero-order chi connectivity index (χ0) is 28.5. The molecule has 0 saturated carbocycles. The van der Waals surface area contributed by atoms with E-state index in [1.165, 1.54) is 12.1 Å². The van der Waals surface area contributed by atoms with Crippen molar-refractivity contribution in [3.05, 3.63) is 76.4 Å². The van der Waals surface area contributed by atoms with Gasteiger partial charge in [-0.15, -0.1) is 0 Å². The SMILES string of the molecule is CC(C)(NC(=O)CC1(NC(=O)c2cc(-c3ccc(F)cc3F)on2)CN(C2CCOCC2)C1)c1cccc(Cl)c1. The number of hydrogen-bond acceptors (Lipinski definition) is 6. The highest BCUT2D eigenvalue weighted by atomic mass is 35.5. The molecule has 0 bridgehead atoms. The van der Waals surface area contributed by atoms with Gasteiger partial charge in [0.25, 0.3) is 5.91 Å². The largest absolute Gasteiger partial charge is 0.381 e. The van der Waals surface area contributed by atoms with Crippen molar-refractivity contribution >= 4 is 23.4 Å². The summed E-state index contributed by atoms with van der Waals surface area (Å²) < 4.78 is 38.2. The maximum absolute atomic E-state index is 14.2. The molecule has 11 heteroatoms. The Balaban J connectivity index is 1.31. The summed E-state index contributed by atoms with van der Waals surface area (Å²) in [5.74, 6) is -2.34. The molecule has 0 unspecified atom stereocenters. The fraction of sp³-hybridized carbons (Fsp3) is 0.414. The van der Waals surface area contributed by atoms with Gasteiger partial charge >= 0.3 is 0 Å². The van der Waals surface area contributed by atoms with Gasteiger partial charge in [-0.25, -0.2) is 8.78 Å². The van der Waals surface area contributed by atoms with E-state index in [1.54, 1.807) is 6.07 Å². The first-order valence-corrected chi connectivity index (χ1v) is 13.5. The number of ether oxygens (including phenoxy) is 1. The van der Waals surface area contributed by atoms with Crippen LogP contribution in [0.15, 0.2) is 53.1 Å². The second-order valence-electron chi connectivity index (χ2n) is 11.0. The molecule has 2 fully saturated rings. The molecule has 2 aromatic carbocycles. The summed E-state index contributed by atoms with van der Waals surface area (Å²) in [6.07, 6.45) is 1.81. The summed E-state index contributed by atoms with van der Waals surface area (Å²) >= 11 is 6.16. The molecule has 2 aliphatic heterocycles. The number of nitrogens with zero attached hydrogens (tertiary/aromatic N) is 2. The minimum Gasteiger partial charge on any atom is -0.381 e. The zero-order valence-electron chi connectivity index (χ0n) is 22.3. The van der Waals surface area contributed by atoms with E-state index in [-0.39, 0.29) is 29.3 Å². The fourth-order valence-corrected chi connectivity index (χ4v) is 5.62. The van der Waals surface area contributed by atoms with Crippen molar-refractivity contribution in [3.8, 4) is 11.3 Å². The quantitative estimate of drug-likeness (QED) is 0.407. The second-order valence-corrected chi connectivity index (χ2v) is 11.5. The molecule has 2 aliphatic rings. The fourth-order valence-electron chi connectivity index (χ4n) is 5.43. The highest BCUT2D eigenvalue weighted by molar-refractivity contribution is 6.30. The standard InChI is InChI=1S/C29H31ClF2N4O4/c1-28(2,18-4-3-5-19(30)12-18)33-26(37)15-29(16-36(17-29)21-8-10-39-11-9-21)34-27(38)24-14-25(40-35-24)22-7-6-20(31)13-23(22)32/h3-7,12-14,21H,8-11,15-17H2,1-2H3,(H,33,37)(H,34,38). The van der Waals surface area contributed by atoms with Gasteiger partial charge in [-0.3, -0.25) is 14.5 Å². The Morgan fingerprint density at radius 3 is 2.58 bits per heavy atom. The molecular formula is C29H31ClF2N4O4. The minimum absolute atomic E-state index is 0.00449. The average Bonchev–Trinajstić information content (AvgIpc) is 3.37. The maximum atomic E-state index is 14.2. The smallest absolute Gasteiger partial charge is 0.274 e. The number of halogens is 3. The lowest BCUT2D eigenvalue weighted by Crippen LogP contribution is -2.73. The van der Waals surface area contributed by atoms with Crippen LogP contribution in [-0.4, -0.2) is 59.8 Å². The van der Waals surface area contributed by atoms with Crippen molar-refractivity contribution < 1.29 is 27.6 Å². The van der Waals surface area contributed by atoms with E-state index < -0.39 is 28.6 Å². The van der Waals surface area contributed by atoms with Gasteiger partial charge in [-0.2, -0.15) is 0 Å². The van der Waals surface area contributed by atoms with Gasteiger partial charge in [0.1, 0.15) is 11.6 Å². The van der Waals surface area contributed by atoms with E-state index in [0.717, 1.165) is 30.5 Å². The molecule has 2 amide bonds. The number of nitrogens with one attached hydrogen (secondary N) is 2. The Labute approximate surface area is 236 Å². The Kier molecular flexibility index (Phi) is 7.94. The van der Waals surface area contributed by atoms with Gasteiger partial charge < -0.3 is 19.9 Å². The van der Waals surface area contributed by atoms with Crippen LogP contribution < -0.4 is 10.6 Å². The third kappa shape index (κ3) is 6.19. The van der Waals surface area contributed by atoms with E-state index >= 15 is 0 Å². The van der Waals surface area contributed by atoms with E-state index in [0.29, 0.717) is 37.4 Å². The first-order chi connectivity index (χ1) is 19.0. The van der Waals surface area contributed by atoms with E-state index in [2.05, 4.69) is 20.7 Å². The van der Waals surface area contributed by atoms with Crippen LogP contribution in [0.2, 0.25) is 5.02 Å². The highest BCUT2D eigenvalue weighted by Crippen LogP contribution is 2.32. The predicted octanol–water partition coefficient (Wildman–Crippen LogP) is 4.68. The molecule has 1 aromatic heterocycles. The lowest BCUT2D eigenvalue weighted by Gasteiger charge is -2.54. The van der Waals surface area contributed by atoms with Crippen LogP contribution in [-0.2, 0) is 15.1 Å². The number of hydrogen-bond donors (Lipinski definition) is 2. The summed E-state index contributed by atoms with van der Waals surface area (Å²) in [5.41, 5.74) is -0.768.